The van der Waals surface area contributed by atoms with Gasteiger partial charge in [-0.25, -0.2) is 8.78 Å². The summed E-state index contributed by atoms with van der Waals surface area (Å²) in [4.78, 5) is 1.90. The predicted molar refractivity (Wildman–Crippen MR) is 47.6 cm³/mol. The lowest BCUT2D eigenvalue weighted by molar-refractivity contribution is -0.00344. The predicted octanol–water partition coefficient (Wildman–Crippen LogP) is 1.14. The Bertz CT molecular complexity index is 337. The van der Waals surface area contributed by atoms with Gasteiger partial charge in [0.2, 0.25) is 0 Å². The van der Waals surface area contributed by atoms with Gasteiger partial charge in [0.05, 0.1) is 6.10 Å². The number of β-amino-alcohol motifs (C(OH)–C–C–N with tert-alkyl or cyclic N) is 1. The minimum Gasteiger partial charge on any atom is -0.390 e. The first-order valence-electron chi connectivity index (χ1n) is 4.49. The third-order valence-corrected chi connectivity index (χ3v) is 2.35. The maximum Gasteiger partial charge on any atom is 0.130 e. The summed E-state index contributed by atoms with van der Waals surface area (Å²) in [7, 11) is 0. The number of aliphatic hydroxyl groups is 1. The summed E-state index contributed by atoms with van der Waals surface area (Å²) in [5, 5.41) is 9.01. The van der Waals surface area contributed by atoms with E-state index in [-0.39, 0.29) is 6.10 Å². The van der Waals surface area contributed by atoms with Crippen LogP contribution in [0.15, 0.2) is 18.2 Å². The third-order valence-electron chi connectivity index (χ3n) is 2.35. The van der Waals surface area contributed by atoms with Gasteiger partial charge in [-0.05, 0) is 6.07 Å². The van der Waals surface area contributed by atoms with E-state index < -0.39 is 11.6 Å². The SMILES string of the molecule is OC1CN(Cc2ccc(F)cc2F)C1. The van der Waals surface area contributed by atoms with Crippen molar-refractivity contribution in [3.05, 3.63) is 35.4 Å². The molecule has 76 valence electrons. The molecule has 0 aliphatic carbocycles. The summed E-state index contributed by atoms with van der Waals surface area (Å²) in [6, 6.07) is 3.57. The monoisotopic (exact) mass is 199 g/mol. The van der Waals surface area contributed by atoms with Crippen molar-refractivity contribution in [3.63, 3.8) is 0 Å². The van der Waals surface area contributed by atoms with E-state index in [1.807, 2.05) is 4.90 Å². The van der Waals surface area contributed by atoms with Crippen LogP contribution in [0.5, 0.6) is 0 Å². The number of likely N-dealkylation sites (tertiary alicyclic amines) is 1. The summed E-state index contributed by atoms with van der Waals surface area (Å²) < 4.78 is 25.7. The van der Waals surface area contributed by atoms with E-state index >= 15 is 0 Å². The molecule has 0 saturated carbocycles. The highest BCUT2D eigenvalue weighted by Crippen LogP contribution is 2.16. The molecule has 1 aromatic carbocycles. The molecule has 0 spiro atoms. The molecule has 2 nitrogen and oxygen atoms in total. The van der Waals surface area contributed by atoms with Crippen molar-refractivity contribution in [3.8, 4) is 0 Å². The standard InChI is InChI=1S/C10H11F2NO/c11-8-2-1-7(10(12)3-8)4-13-5-9(14)6-13/h1-3,9,14H,4-6H2. The molecule has 4 heteroatoms. The molecular weight excluding hydrogens is 188 g/mol. The zero-order chi connectivity index (χ0) is 10.1. The fourth-order valence-electron chi connectivity index (χ4n) is 1.56. The number of hydrogen-bond acceptors (Lipinski definition) is 2. The van der Waals surface area contributed by atoms with Gasteiger partial charge in [0.15, 0.2) is 0 Å². The summed E-state index contributed by atoms with van der Waals surface area (Å²) in [6.07, 6.45) is -0.293. The van der Waals surface area contributed by atoms with Crippen LogP contribution in [0.25, 0.3) is 0 Å². The molecule has 14 heavy (non-hydrogen) atoms. The van der Waals surface area contributed by atoms with Gasteiger partial charge in [-0.3, -0.25) is 4.90 Å². The highest BCUT2D eigenvalue weighted by atomic mass is 19.1. The van der Waals surface area contributed by atoms with Crippen molar-refractivity contribution in [2.24, 2.45) is 0 Å². The van der Waals surface area contributed by atoms with Crippen LogP contribution in [0.1, 0.15) is 5.56 Å². The van der Waals surface area contributed by atoms with Gasteiger partial charge in [-0.2, -0.15) is 0 Å². The van der Waals surface area contributed by atoms with E-state index in [1.54, 1.807) is 0 Å². The highest BCUT2D eigenvalue weighted by molar-refractivity contribution is 5.18. The van der Waals surface area contributed by atoms with Gasteiger partial charge in [0.1, 0.15) is 11.6 Å². The molecule has 0 atom stereocenters. The largest absolute Gasteiger partial charge is 0.390 e. The van der Waals surface area contributed by atoms with Crippen LogP contribution < -0.4 is 0 Å². The van der Waals surface area contributed by atoms with E-state index in [0.717, 1.165) is 6.07 Å². The summed E-state index contributed by atoms with van der Waals surface area (Å²) in [6.45, 7) is 1.57. The molecule has 0 unspecified atom stereocenters. The average molecular weight is 199 g/mol. The van der Waals surface area contributed by atoms with E-state index in [0.29, 0.717) is 25.2 Å². The lowest BCUT2D eigenvalue weighted by atomic mass is 10.1. The number of hydrogen-bond donors (Lipinski definition) is 1. The molecule has 1 N–H and O–H groups in total. The third kappa shape index (κ3) is 1.91. The van der Waals surface area contributed by atoms with Crippen molar-refractivity contribution in [2.75, 3.05) is 13.1 Å². The Labute approximate surface area is 80.8 Å². The topological polar surface area (TPSA) is 23.5 Å². The molecule has 0 aromatic heterocycles. The Balaban J connectivity index is 2.02. The van der Waals surface area contributed by atoms with Crippen LogP contribution in [0.2, 0.25) is 0 Å². The van der Waals surface area contributed by atoms with Gasteiger partial charge in [-0.1, -0.05) is 6.07 Å². The molecule has 1 aliphatic heterocycles. The quantitative estimate of drug-likeness (QED) is 0.772. The first-order chi connectivity index (χ1) is 6.65. The van der Waals surface area contributed by atoms with Gasteiger partial charge in [0.25, 0.3) is 0 Å². The van der Waals surface area contributed by atoms with Crippen LogP contribution in [0.4, 0.5) is 8.78 Å². The van der Waals surface area contributed by atoms with Crippen molar-refractivity contribution >= 4 is 0 Å². The molecule has 2 rings (SSSR count). The maximum absolute atomic E-state index is 13.1. The maximum atomic E-state index is 13.1. The normalized spacial score (nSPS) is 18.2. The van der Waals surface area contributed by atoms with Crippen LogP contribution in [-0.2, 0) is 6.54 Å². The molecular formula is C10H11F2NO. The molecule has 0 radical (unpaired) electrons. The van der Waals surface area contributed by atoms with E-state index in [9.17, 15) is 8.78 Å². The highest BCUT2D eigenvalue weighted by Gasteiger charge is 2.24. The lowest BCUT2D eigenvalue weighted by Crippen LogP contribution is -2.49. The summed E-state index contributed by atoms with van der Waals surface area (Å²) >= 11 is 0. The first-order valence-corrected chi connectivity index (χ1v) is 4.49. The fraction of sp³-hybridized carbons (Fsp3) is 0.400. The second-order valence-corrected chi connectivity index (χ2v) is 3.58. The Morgan fingerprint density at radius 2 is 2.07 bits per heavy atom. The molecule has 0 amide bonds. The minimum atomic E-state index is -0.560. The number of benzene rings is 1. The number of rotatable bonds is 2. The summed E-state index contributed by atoms with van der Waals surface area (Å²) in [5.41, 5.74) is 0.471. The molecule has 1 saturated heterocycles. The Morgan fingerprint density at radius 3 is 2.64 bits per heavy atom. The second-order valence-electron chi connectivity index (χ2n) is 3.58. The Hall–Kier alpha value is -1.00. The van der Waals surface area contributed by atoms with Crippen LogP contribution >= 0.6 is 0 Å². The minimum absolute atomic E-state index is 0.293. The van der Waals surface area contributed by atoms with E-state index in [2.05, 4.69) is 0 Å². The number of nitrogens with zero attached hydrogens (tertiary/aromatic N) is 1. The number of halogens is 2. The number of aliphatic hydroxyl groups excluding tert-OH is 1. The smallest absolute Gasteiger partial charge is 0.130 e. The van der Waals surface area contributed by atoms with E-state index in [4.69, 9.17) is 5.11 Å². The van der Waals surface area contributed by atoms with Crippen LogP contribution in [-0.4, -0.2) is 29.2 Å². The second kappa shape index (κ2) is 3.63. The van der Waals surface area contributed by atoms with E-state index in [1.165, 1.54) is 12.1 Å². The van der Waals surface area contributed by atoms with Crippen molar-refractivity contribution in [1.82, 2.24) is 4.90 Å². The summed E-state index contributed by atoms with van der Waals surface area (Å²) in [5.74, 6) is -1.08. The van der Waals surface area contributed by atoms with Crippen molar-refractivity contribution < 1.29 is 13.9 Å². The Kier molecular flexibility index (Phi) is 2.48. The van der Waals surface area contributed by atoms with Crippen molar-refractivity contribution in [2.45, 2.75) is 12.6 Å². The molecule has 1 fully saturated rings. The lowest BCUT2D eigenvalue weighted by Gasteiger charge is -2.35. The fourth-order valence-corrected chi connectivity index (χ4v) is 1.56. The zero-order valence-corrected chi connectivity index (χ0v) is 7.58. The van der Waals surface area contributed by atoms with Crippen LogP contribution in [0, 0.1) is 11.6 Å². The van der Waals surface area contributed by atoms with Gasteiger partial charge < -0.3 is 5.11 Å². The molecule has 1 aromatic rings. The van der Waals surface area contributed by atoms with Gasteiger partial charge in [-0.15, -0.1) is 0 Å². The van der Waals surface area contributed by atoms with Crippen molar-refractivity contribution in [1.29, 1.82) is 0 Å². The molecule has 1 aliphatic rings. The van der Waals surface area contributed by atoms with Gasteiger partial charge in [0, 0.05) is 31.3 Å². The average Bonchev–Trinajstić information content (AvgIpc) is 2.06. The first kappa shape index (κ1) is 9.55. The molecule has 0 bridgehead atoms. The zero-order valence-electron chi connectivity index (χ0n) is 7.58. The van der Waals surface area contributed by atoms with Gasteiger partial charge >= 0.3 is 0 Å². The van der Waals surface area contributed by atoms with Crippen LogP contribution in [0.3, 0.4) is 0 Å². The molecule has 1 heterocycles. The Morgan fingerprint density at radius 1 is 1.36 bits per heavy atom.